The molecule has 2 heterocycles. The van der Waals surface area contributed by atoms with Crippen LogP contribution in [0.25, 0.3) is 10.9 Å². The number of pyridine rings is 1. The molecule has 2 saturated carbocycles. The van der Waals surface area contributed by atoms with E-state index in [-0.39, 0.29) is 11.6 Å². The van der Waals surface area contributed by atoms with Crippen LogP contribution in [-0.2, 0) is 6.42 Å². The van der Waals surface area contributed by atoms with Crippen LogP contribution < -0.4 is 5.56 Å². The molecule has 7 nitrogen and oxygen atoms in total. The molecule has 0 bridgehead atoms. The maximum absolute atomic E-state index is 13.4. The summed E-state index contributed by atoms with van der Waals surface area (Å²) >= 11 is 0. The van der Waals surface area contributed by atoms with Crippen molar-refractivity contribution in [1.82, 2.24) is 30.1 Å². The van der Waals surface area contributed by atoms with Gasteiger partial charge in [0.25, 0.3) is 5.56 Å². The number of tetrazole rings is 1. The van der Waals surface area contributed by atoms with Crippen LogP contribution in [0.4, 0.5) is 0 Å². The summed E-state index contributed by atoms with van der Waals surface area (Å²) in [7, 11) is 2.15. The van der Waals surface area contributed by atoms with Crippen LogP contribution in [0.2, 0.25) is 0 Å². The monoisotopic (exact) mass is 434 g/mol. The van der Waals surface area contributed by atoms with Gasteiger partial charge in [0, 0.05) is 17.1 Å². The lowest BCUT2D eigenvalue weighted by molar-refractivity contribution is 0.147. The molecule has 7 heteroatoms. The van der Waals surface area contributed by atoms with Crippen molar-refractivity contribution in [3.63, 3.8) is 0 Å². The number of nitrogens with zero attached hydrogens (tertiary/aromatic N) is 5. The minimum atomic E-state index is -0.257. The lowest BCUT2D eigenvalue weighted by Gasteiger charge is -2.36. The first-order valence-electron chi connectivity index (χ1n) is 12.3. The largest absolute Gasteiger partial charge is 0.322 e. The van der Waals surface area contributed by atoms with Gasteiger partial charge in [-0.25, -0.2) is 4.68 Å². The first-order valence-corrected chi connectivity index (χ1v) is 12.3. The van der Waals surface area contributed by atoms with Crippen molar-refractivity contribution in [2.45, 2.75) is 89.3 Å². The van der Waals surface area contributed by atoms with Crippen LogP contribution in [0.15, 0.2) is 29.1 Å². The second-order valence-electron chi connectivity index (χ2n) is 9.61. The molecule has 3 aromatic rings. The Bertz CT molecular complexity index is 1120. The second kappa shape index (κ2) is 9.14. The van der Waals surface area contributed by atoms with Crippen molar-refractivity contribution < 1.29 is 0 Å². The Labute approximate surface area is 189 Å². The lowest BCUT2D eigenvalue weighted by Crippen LogP contribution is -2.40. The van der Waals surface area contributed by atoms with Gasteiger partial charge >= 0.3 is 0 Å². The topological polar surface area (TPSA) is 79.7 Å². The summed E-state index contributed by atoms with van der Waals surface area (Å²) in [4.78, 5) is 18.9. The number of aromatic amines is 1. The van der Waals surface area contributed by atoms with E-state index in [0.29, 0.717) is 12.1 Å². The minimum Gasteiger partial charge on any atom is -0.322 e. The maximum atomic E-state index is 13.4. The Hall–Kier alpha value is -2.54. The third-order valence-electron chi connectivity index (χ3n) is 7.63. The number of benzene rings is 1. The molecule has 1 N–H and O–H groups in total. The fraction of sp³-hybridized carbons (Fsp3) is 0.600. The zero-order valence-electron chi connectivity index (χ0n) is 19.3. The molecule has 32 heavy (non-hydrogen) atoms. The highest BCUT2D eigenvalue weighted by atomic mass is 16.1. The van der Waals surface area contributed by atoms with Crippen LogP contribution in [0.5, 0.6) is 0 Å². The van der Waals surface area contributed by atoms with Crippen molar-refractivity contribution in [1.29, 1.82) is 0 Å². The van der Waals surface area contributed by atoms with E-state index < -0.39 is 0 Å². The van der Waals surface area contributed by atoms with Gasteiger partial charge in [-0.15, -0.1) is 5.10 Å². The van der Waals surface area contributed by atoms with Gasteiger partial charge in [-0.05, 0) is 78.7 Å². The third kappa shape index (κ3) is 3.98. The van der Waals surface area contributed by atoms with Gasteiger partial charge in [0.1, 0.15) is 6.04 Å². The minimum absolute atomic E-state index is 0.0459. The molecule has 5 rings (SSSR count). The number of nitrogens with one attached hydrogen (secondary N) is 1. The number of H-pyrrole nitrogens is 1. The summed E-state index contributed by atoms with van der Waals surface area (Å²) in [6.45, 7) is 2.16. The molecular weight excluding hydrogens is 400 g/mol. The summed E-state index contributed by atoms with van der Waals surface area (Å²) in [5.74, 6) is 0.807. The smallest absolute Gasteiger partial charge is 0.253 e. The molecule has 2 fully saturated rings. The Morgan fingerprint density at radius 1 is 1.09 bits per heavy atom. The predicted octanol–water partition coefficient (Wildman–Crippen LogP) is 4.55. The van der Waals surface area contributed by atoms with E-state index in [2.05, 4.69) is 57.6 Å². The Balaban J connectivity index is 1.64. The average Bonchev–Trinajstić information content (AvgIpc) is 3.52. The van der Waals surface area contributed by atoms with Crippen LogP contribution in [0, 0.1) is 0 Å². The molecule has 2 aromatic heterocycles. The van der Waals surface area contributed by atoms with E-state index in [1.807, 2.05) is 10.7 Å². The van der Waals surface area contributed by atoms with Gasteiger partial charge in [-0.2, -0.15) is 0 Å². The maximum Gasteiger partial charge on any atom is 0.253 e. The van der Waals surface area contributed by atoms with E-state index in [4.69, 9.17) is 0 Å². The molecule has 1 aromatic carbocycles. The molecule has 0 spiro atoms. The summed E-state index contributed by atoms with van der Waals surface area (Å²) in [5, 5.41) is 14.1. The van der Waals surface area contributed by atoms with E-state index in [9.17, 15) is 4.79 Å². The zero-order chi connectivity index (χ0) is 22.1. The molecule has 1 atom stereocenters. The molecular formula is C25H34N6O. The SMILES string of the molecule is CCc1ccc2[nH]c(=O)c(C(c3nnnn3C3CCCC3)N(C)C3CCCCC3)cc2c1. The fourth-order valence-corrected chi connectivity index (χ4v) is 5.73. The molecule has 170 valence electrons. The van der Waals surface area contributed by atoms with Crippen LogP contribution in [-0.4, -0.2) is 43.2 Å². The van der Waals surface area contributed by atoms with Crippen molar-refractivity contribution in [2.75, 3.05) is 7.05 Å². The first kappa shape index (κ1) is 21.3. The summed E-state index contributed by atoms with van der Waals surface area (Å²) < 4.78 is 2.02. The average molecular weight is 435 g/mol. The van der Waals surface area contributed by atoms with E-state index in [1.165, 1.54) is 37.7 Å². The van der Waals surface area contributed by atoms with E-state index >= 15 is 0 Å². The number of hydrogen-bond donors (Lipinski definition) is 1. The first-order chi connectivity index (χ1) is 15.7. The zero-order valence-corrected chi connectivity index (χ0v) is 19.3. The van der Waals surface area contributed by atoms with Gasteiger partial charge < -0.3 is 4.98 Å². The van der Waals surface area contributed by atoms with Crippen LogP contribution in [0.1, 0.15) is 93.7 Å². The number of fused-ring (bicyclic) bond motifs is 1. The van der Waals surface area contributed by atoms with Crippen molar-refractivity contribution in [3.8, 4) is 0 Å². The number of aryl methyl sites for hydroxylation is 1. The van der Waals surface area contributed by atoms with E-state index in [1.54, 1.807) is 0 Å². The number of aromatic nitrogens is 5. The molecule has 2 aliphatic carbocycles. The van der Waals surface area contributed by atoms with Gasteiger partial charge in [0.2, 0.25) is 0 Å². The lowest BCUT2D eigenvalue weighted by atomic mass is 9.92. The van der Waals surface area contributed by atoms with Crippen LogP contribution >= 0.6 is 0 Å². The highest BCUT2D eigenvalue weighted by Crippen LogP contribution is 2.36. The van der Waals surface area contributed by atoms with Crippen molar-refractivity contribution in [2.24, 2.45) is 0 Å². The third-order valence-corrected chi connectivity index (χ3v) is 7.63. The second-order valence-corrected chi connectivity index (χ2v) is 9.61. The summed E-state index contributed by atoms with van der Waals surface area (Å²) in [6.07, 6.45) is 11.7. The molecule has 0 aliphatic heterocycles. The highest BCUT2D eigenvalue weighted by Gasteiger charge is 2.34. The molecule has 1 unspecified atom stereocenters. The van der Waals surface area contributed by atoms with Gasteiger partial charge in [0.15, 0.2) is 5.82 Å². The molecule has 2 aliphatic rings. The van der Waals surface area contributed by atoms with Gasteiger partial charge in [0.05, 0.1) is 6.04 Å². The van der Waals surface area contributed by atoms with Crippen LogP contribution in [0.3, 0.4) is 0 Å². The fourth-order valence-electron chi connectivity index (χ4n) is 5.73. The predicted molar refractivity (Wildman–Crippen MR) is 126 cm³/mol. The Kier molecular flexibility index (Phi) is 6.09. The molecule has 0 amide bonds. The highest BCUT2D eigenvalue weighted by molar-refractivity contribution is 5.80. The number of hydrogen-bond acceptors (Lipinski definition) is 5. The van der Waals surface area contributed by atoms with Crippen molar-refractivity contribution in [3.05, 3.63) is 51.6 Å². The Morgan fingerprint density at radius 3 is 2.59 bits per heavy atom. The van der Waals surface area contributed by atoms with Gasteiger partial charge in [-0.3, -0.25) is 9.69 Å². The summed E-state index contributed by atoms with van der Waals surface area (Å²) in [5.41, 5.74) is 2.84. The molecule has 0 radical (unpaired) electrons. The number of rotatable bonds is 6. The summed E-state index contributed by atoms with van der Waals surface area (Å²) in [6, 6.07) is 8.86. The van der Waals surface area contributed by atoms with E-state index in [0.717, 1.165) is 54.4 Å². The standard InChI is InChI=1S/C25H34N6O/c1-3-17-13-14-22-18(15-17)16-21(25(32)26-22)23(30(2)19-9-5-4-6-10-19)24-27-28-29-31(24)20-11-7-8-12-20/h13-16,19-20,23H,3-12H2,1-2H3,(H,26,32). The quantitative estimate of drug-likeness (QED) is 0.616. The normalized spacial score (nSPS) is 19.2. The van der Waals surface area contributed by atoms with Crippen molar-refractivity contribution >= 4 is 10.9 Å². The Morgan fingerprint density at radius 2 is 1.84 bits per heavy atom. The van der Waals surface area contributed by atoms with Gasteiger partial charge in [-0.1, -0.05) is 45.1 Å². The molecule has 0 saturated heterocycles.